The molecule has 0 fully saturated rings. The number of amides is 1. The van der Waals surface area contributed by atoms with Crippen LogP contribution in [0, 0.1) is 6.92 Å². The van der Waals surface area contributed by atoms with Crippen LogP contribution in [-0.4, -0.2) is 33.5 Å². The summed E-state index contributed by atoms with van der Waals surface area (Å²) in [7, 11) is 0. The summed E-state index contributed by atoms with van der Waals surface area (Å²) >= 11 is 0.890. The zero-order chi connectivity index (χ0) is 15.3. The van der Waals surface area contributed by atoms with Crippen LogP contribution in [0.3, 0.4) is 0 Å². The summed E-state index contributed by atoms with van der Waals surface area (Å²) < 4.78 is 37.2. The summed E-state index contributed by atoms with van der Waals surface area (Å²) in [6.45, 7) is 1.34. The van der Waals surface area contributed by atoms with Crippen molar-refractivity contribution in [1.29, 1.82) is 0 Å². The zero-order valence-electron chi connectivity index (χ0n) is 10.3. The number of nitrogens with zero attached hydrogens (tertiary/aromatic N) is 1. The van der Waals surface area contributed by atoms with Crippen molar-refractivity contribution in [2.75, 3.05) is 16.8 Å². The Morgan fingerprint density at radius 2 is 2.00 bits per heavy atom. The Balaban J connectivity index is 2.65. The number of halogens is 3. The fourth-order valence-corrected chi connectivity index (χ4v) is 1.80. The Hall–Kier alpha value is -1.77. The van der Waals surface area contributed by atoms with Gasteiger partial charge in [0.05, 0.1) is 22.9 Å². The highest BCUT2D eigenvalue weighted by molar-refractivity contribution is 8.00. The van der Waals surface area contributed by atoms with Gasteiger partial charge in [0.15, 0.2) is 0 Å². The van der Waals surface area contributed by atoms with E-state index in [0.29, 0.717) is 0 Å². The van der Waals surface area contributed by atoms with Crippen molar-refractivity contribution < 1.29 is 27.9 Å². The van der Waals surface area contributed by atoms with Gasteiger partial charge < -0.3 is 10.4 Å². The molecule has 2 N–H and O–H groups in total. The van der Waals surface area contributed by atoms with E-state index in [1.54, 1.807) is 0 Å². The number of hydrogen-bond donors (Lipinski definition) is 2. The number of hydrogen-bond acceptors (Lipinski definition) is 4. The summed E-state index contributed by atoms with van der Waals surface area (Å²) in [6.07, 6.45) is -4.54. The van der Waals surface area contributed by atoms with Gasteiger partial charge in [-0.05, 0) is 19.1 Å². The molecule has 1 heterocycles. The molecule has 5 nitrogen and oxygen atoms in total. The molecule has 0 spiro atoms. The molecule has 0 aliphatic heterocycles. The lowest BCUT2D eigenvalue weighted by Gasteiger charge is -2.10. The van der Waals surface area contributed by atoms with Crippen LogP contribution < -0.4 is 5.32 Å². The molecule has 1 aromatic rings. The molecule has 0 aromatic carbocycles. The van der Waals surface area contributed by atoms with E-state index in [1.807, 2.05) is 0 Å². The predicted octanol–water partition coefficient (Wildman–Crippen LogP) is 2.17. The van der Waals surface area contributed by atoms with Gasteiger partial charge in [-0.25, -0.2) is 4.98 Å². The van der Waals surface area contributed by atoms with Gasteiger partial charge in [-0.3, -0.25) is 9.59 Å². The molecular weight excluding hydrogens is 297 g/mol. The van der Waals surface area contributed by atoms with E-state index in [1.165, 1.54) is 6.92 Å². The van der Waals surface area contributed by atoms with E-state index >= 15 is 0 Å². The average Bonchev–Trinajstić information content (AvgIpc) is 2.29. The maximum Gasteiger partial charge on any atom is 0.433 e. The fourth-order valence-electron chi connectivity index (χ4n) is 1.27. The van der Waals surface area contributed by atoms with Crippen LogP contribution in [0.1, 0.15) is 11.4 Å². The lowest BCUT2D eigenvalue weighted by atomic mass is 10.2. The second-order valence-electron chi connectivity index (χ2n) is 3.76. The van der Waals surface area contributed by atoms with Gasteiger partial charge in [0.2, 0.25) is 5.91 Å². The molecule has 1 rings (SSSR count). The molecule has 0 unspecified atom stereocenters. The number of nitrogens with one attached hydrogen (secondary N) is 1. The number of aliphatic carboxylic acids is 1. The van der Waals surface area contributed by atoms with Crippen LogP contribution in [0.2, 0.25) is 0 Å². The van der Waals surface area contributed by atoms with E-state index in [4.69, 9.17) is 5.11 Å². The molecule has 110 valence electrons. The maximum atomic E-state index is 12.4. The second kappa shape index (κ2) is 6.60. The lowest BCUT2D eigenvalue weighted by molar-refractivity contribution is -0.141. The number of rotatable bonds is 5. The number of alkyl halides is 3. The molecular formula is C11H11F3N2O3S. The Kier molecular flexibility index (Phi) is 5.37. The lowest BCUT2D eigenvalue weighted by Crippen LogP contribution is -2.17. The van der Waals surface area contributed by atoms with Gasteiger partial charge >= 0.3 is 12.1 Å². The van der Waals surface area contributed by atoms with Crippen LogP contribution >= 0.6 is 11.8 Å². The third-order valence-electron chi connectivity index (χ3n) is 2.11. The number of carboxylic acids is 1. The molecule has 1 aromatic heterocycles. The van der Waals surface area contributed by atoms with Crippen molar-refractivity contribution in [3.05, 3.63) is 23.5 Å². The van der Waals surface area contributed by atoms with Gasteiger partial charge in [0.25, 0.3) is 0 Å². The van der Waals surface area contributed by atoms with Crippen LogP contribution in [0.25, 0.3) is 0 Å². The van der Waals surface area contributed by atoms with Crippen molar-refractivity contribution >= 4 is 29.3 Å². The first-order valence-electron chi connectivity index (χ1n) is 5.34. The molecule has 9 heteroatoms. The molecule has 0 bridgehead atoms. The maximum absolute atomic E-state index is 12.4. The van der Waals surface area contributed by atoms with Crippen LogP contribution in [0.4, 0.5) is 18.9 Å². The van der Waals surface area contributed by atoms with Crippen LogP contribution in [0.15, 0.2) is 12.1 Å². The number of carbonyl (C=O) groups is 2. The minimum atomic E-state index is -4.54. The molecule has 0 radical (unpaired) electrons. The summed E-state index contributed by atoms with van der Waals surface area (Å²) in [5, 5.41) is 10.8. The molecule has 0 atom stereocenters. The number of thioether (sulfide) groups is 1. The molecule has 0 saturated heterocycles. The third kappa shape index (κ3) is 5.08. The second-order valence-corrected chi connectivity index (χ2v) is 4.75. The number of carbonyl (C=O) groups excluding carboxylic acids is 1. The van der Waals surface area contributed by atoms with E-state index in [2.05, 4.69) is 10.3 Å². The molecule has 0 aliphatic rings. The monoisotopic (exact) mass is 308 g/mol. The summed E-state index contributed by atoms with van der Waals surface area (Å²) in [4.78, 5) is 25.1. The molecule has 0 saturated carbocycles. The smallest absolute Gasteiger partial charge is 0.433 e. The number of aryl methyl sites for hydroxylation is 1. The average molecular weight is 308 g/mol. The Morgan fingerprint density at radius 1 is 1.35 bits per heavy atom. The van der Waals surface area contributed by atoms with Gasteiger partial charge in [0, 0.05) is 0 Å². The molecule has 20 heavy (non-hydrogen) atoms. The Labute approximate surface area is 116 Å². The van der Waals surface area contributed by atoms with Gasteiger partial charge in [-0.15, -0.1) is 11.8 Å². The van der Waals surface area contributed by atoms with E-state index in [9.17, 15) is 22.8 Å². The number of carboxylic acid groups (broad SMARTS) is 1. The fraction of sp³-hybridized carbons (Fsp3) is 0.364. The predicted molar refractivity (Wildman–Crippen MR) is 67.6 cm³/mol. The highest BCUT2D eigenvalue weighted by Crippen LogP contribution is 2.29. The highest BCUT2D eigenvalue weighted by Gasteiger charge is 2.32. The topological polar surface area (TPSA) is 79.3 Å². The van der Waals surface area contributed by atoms with Crippen molar-refractivity contribution in [2.45, 2.75) is 13.1 Å². The van der Waals surface area contributed by atoms with E-state index < -0.39 is 23.7 Å². The first-order valence-corrected chi connectivity index (χ1v) is 6.50. The van der Waals surface area contributed by atoms with Crippen molar-refractivity contribution in [3.63, 3.8) is 0 Å². The van der Waals surface area contributed by atoms with Gasteiger partial charge in [-0.2, -0.15) is 13.2 Å². The SMILES string of the molecule is Cc1nc(C(F)(F)F)ccc1NC(=O)CSCC(=O)O. The number of aromatic nitrogens is 1. The standard InChI is InChI=1S/C11H11F3N2O3S/c1-6-7(2-3-8(15-6)11(12,13)14)16-9(17)4-20-5-10(18)19/h2-3H,4-5H2,1H3,(H,16,17)(H,18,19). The third-order valence-corrected chi connectivity index (χ3v) is 3.03. The molecule has 1 amide bonds. The summed E-state index contributed by atoms with van der Waals surface area (Å²) in [5.74, 6) is -1.87. The van der Waals surface area contributed by atoms with Crippen molar-refractivity contribution in [2.24, 2.45) is 0 Å². The summed E-state index contributed by atoms with van der Waals surface area (Å²) in [5.41, 5.74) is -0.830. The number of pyridine rings is 1. The van der Waals surface area contributed by atoms with E-state index in [0.717, 1.165) is 23.9 Å². The highest BCUT2D eigenvalue weighted by atomic mass is 32.2. The van der Waals surface area contributed by atoms with Crippen LogP contribution in [-0.2, 0) is 15.8 Å². The number of anilines is 1. The van der Waals surface area contributed by atoms with Crippen molar-refractivity contribution in [1.82, 2.24) is 4.98 Å². The summed E-state index contributed by atoms with van der Waals surface area (Å²) in [6, 6.07) is 1.89. The van der Waals surface area contributed by atoms with Gasteiger partial charge in [0.1, 0.15) is 5.69 Å². The van der Waals surface area contributed by atoms with E-state index in [-0.39, 0.29) is 22.9 Å². The largest absolute Gasteiger partial charge is 0.481 e. The first kappa shape index (κ1) is 16.3. The first-order chi connectivity index (χ1) is 9.20. The Bertz CT molecular complexity index is 520. The minimum Gasteiger partial charge on any atom is -0.481 e. The quantitative estimate of drug-likeness (QED) is 0.871. The van der Waals surface area contributed by atoms with Crippen molar-refractivity contribution in [3.8, 4) is 0 Å². The zero-order valence-corrected chi connectivity index (χ0v) is 11.1. The minimum absolute atomic E-state index is 0.0383. The molecule has 0 aliphatic carbocycles. The van der Waals surface area contributed by atoms with Crippen LogP contribution in [0.5, 0.6) is 0 Å². The normalized spacial score (nSPS) is 11.2. The van der Waals surface area contributed by atoms with Gasteiger partial charge in [-0.1, -0.05) is 0 Å². The Morgan fingerprint density at radius 3 is 2.50 bits per heavy atom.